The van der Waals surface area contributed by atoms with Gasteiger partial charge in [0.1, 0.15) is 0 Å². The van der Waals surface area contributed by atoms with E-state index in [1.807, 2.05) is 6.92 Å². The van der Waals surface area contributed by atoms with Crippen molar-refractivity contribution in [1.82, 2.24) is 9.78 Å². The van der Waals surface area contributed by atoms with Gasteiger partial charge in [-0.2, -0.15) is 5.10 Å². The van der Waals surface area contributed by atoms with Crippen molar-refractivity contribution in [2.45, 2.75) is 20.4 Å². The molecule has 0 amide bonds. The number of carbonyl (C=O) groups excluding carboxylic acids is 1. The molecule has 0 bridgehead atoms. The maximum Gasteiger partial charge on any atom is 0.166 e. The number of carbonyl (C=O) groups is 1. The van der Waals surface area contributed by atoms with Gasteiger partial charge in [0.05, 0.1) is 12.4 Å². The number of nitrogens with zero attached hydrogens (tertiary/aromatic N) is 2. The molecular formula is C13H13FN2O2. The molecule has 0 aliphatic rings. The second-order valence-electron chi connectivity index (χ2n) is 3.84. The first-order valence-corrected chi connectivity index (χ1v) is 5.61. The molecule has 0 N–H and O–H groups in total. The van der Waals surface area contributed by atoms with Crippen LogP contribution in [0.2, 0.25) is 0 Å². The molecule has 0 fully saturated rings. The molecule has 2 rings (SSSR count). The van der Waals surface area contributed by atoms with Gasteiger partial charge < -0.3 is 4.74 Å². The zero-order chi connectivity index (χ0) is 13.1. The van der Waals surface area contributed by atoms with E-state index < -0.39 is 5.82 Å². The van der Waals surface area contributed by atoms with Crippen molar-refractivity contribution < 1.29 is 13.9 Å². The molecule has 0 spiro atoms. The summed E-state index contributed by atoms with van der Waals surface area (Å²) < 4.78 is 20.7. The molecule has 1 aromatic carbocycles. The summed E-state index contributed by atoms with van der Waals surface area (Å²) in [7, 11) is 0. The number of halogens is 1. The van der Waals surface area contributed by atoms with Gasteiger partial charge >= 0.3 is 0 Å². The lowest BCUT2D eigenvalue weighted by molar-refractivity contribution is 0.101. The summed E-state index contributed by atoms with van der Waals surface area (Å²) in [6.07, 6.45) is 3.19. The van der Waals surface area contributed by atoms with Crippen LogP contribution in [0.4, 0.5) is 4.39 Å². The van der Waals surface area contributed by atoms with Crippen molar-refractivity contribution in [3.8, 4) is 11.5 Å². The molecule has 18 heavy (non-hydrogen) atoms. The van der Waals surface area contributed by atoms with Gasteiger partial charge in [-0.3, -0.25) is 9.48 Å². The quantitative estimate of drug-likeness (QED) is 0.781. The Morgan fingerprint density at radius 3 is 2.83 bits per heavy atom. The molecule has 2 aromatic rings. The van der Waals surface area contributed by atoms with Crippen LogP contribution in [0.3, 0.4) is 0 Å². The van der Waals surface area contributed by atoms with Gasteiger partial charge in [0, 0.05) is 12.1 Å². The zero-order valence-corrected chi connectivity index (χ0v) is 10.2. The van der Waals surface area contributed by atoms with E-state index in [1.54, 1.807) is 10.9 Å². The third-order valence-electron chi connectivity index (χ3n) is 2.50. The van der Waals surface area contributed by atoms with Gasteiger partial charge in [-0.1, -0.05) is 0 Å². The molecule has 1 heterocycles. The minimum atomic E-state index is -0.563. The monoisotopic (exact) mass is 248 g/mol. The lowest BCUT2D eigenvalue weighted by Gasteiger charge is -2.05. The second kappa shape index (κ2) is 5.00. The van der Waals surface area contributed by atoms with E-state index in [1.165, 1.54) is 31.3 Å². The van der Waals surface area contributed by atoms with E-state index in [0.717, 1.165) is 6.54 Å². The largest absolute Gasteiger partial charge is 0.451 e. The molecule has 0 saturated carbocycles. The van der Waals surface area contributed by atoms with Crippen molar-refractivity contribution in [3.63, 3.8) is 0 Å². The van der Waals surface area contributed by atoms with E-state index in [4.69, 9.17) is 4.74 Å². The van der Waals surface area contributed by atoms with E-state index in [2.05, 4.69) is 5.10 Å². The highest BCUT2D eigenvalue weighted by Crippen LogP contribution is 2.24. The van der Waals surface area contributed by atoms with Crippen LogP contribution in [0, 0.1) is 5.82 Å². The van der Waals surface area contributed by atoms with E-state index >= 15 is 0 Å². The van der Waals surface area contributed by atoms with Gasteiger partial charge in [0.25, 0.3) is 0 Å². The molecular weight excluding hydrogens is 235 g/mol. The van der Waals surface area contributed by atoms with Crippen LogP contribution in [-0.2, 0) is 6.54 Å². The van der Waals surface area contributed by atoms with Crippen LogP contribution in [0.5, 0.6) is 11.5 Å². The topological polar surface area (TPSA) is 44.1 Å². The van der Waals surface area contributed by atoms with Gasteiger partial charge in [-0.25, -0.2) is 4.39 Å². The van der Waals surface area contributed by atoms with Gasteiger partial charge in [-0.15, -0.1) is 0 Å². The van der Waals surface area contributed by atoms with Crippen LogP contribution >= 0.6 is 0 Å². The van der Waals surface area contributed by atoms with Crippen LogP contribution in [0.1, 0.15) is 24.2 Å². The first-order chi connectivity index (χ1) is 8.60. The number of rotatable bonds is 4. The van der Waals surface area contributed by atoms with Gasteiger partial charge in [-0.05, 0) is 32.0 Å². The van der Waals surface area contributed by atoms with Crippen molar-refractivity contribution in [3.05, 3.63) is 42.0 Å². The van der Waals surface area contributed by atoms with Crippen LogP contribution in [0.25, 0.3) is 0 Å². The SMILES string of the molecule is CCn1cc(Oc2ccc(C(C)=O)cc2F)cn1. The standard InChI is InChI=1S/C13H13FN2O2/c1-3-16-8-11(7-15-16)18-13-5-4-10(9(2)17)6-12(13)14/h4-8H,3H2,1-2H3. The molecule has 0 aliphatic heterocycles. The lowest BCUT2D eigenvalue weighted by atomic mass is 10.1. The van der Waals surface area contributed by atoms with Gasteiger partial charge in [0.15, 0.2) is 23.1 Å². The highest BCUT2D eigenvalue weighted by atomic mass is 19.1. The number of hydrogen-bond donors (Lipinski definition) is 0. The fraction of sp³-hybridized carbons (Fsp3) is 0.231. The van der Waals surface area contributed by atoms with Gasteiger partial charge in [0.2, 0.25) is 0 Å². The first-order valence-electron chi connectivity index (χ1n) is 5.61. The number of benzene rings is 1. The summed E-state index contributed by atoms with van der Waals surface area (Å²) >= 11 is 0. The van der Waals surface area contributed by atoms with Crippen LogP contribution < -0.4 is 4.74 Å². The lowest BCUT2D eigenvalue weighted by Crippen LogP contribution is -1.95. The summed E-state index contributed by atoms with van der Waals surface area (Å²) in [5.74, 6) is -0.201. The summed E-state index contributed by atoms with van der Waals surface area (Å²) in [5.41, 5.74) is 0.323. The highest BCUT2D eigenvalue weighted by Gasteiger charge is 2.09. The Hall–Kier alpha value is -2.17. The van der Waals surface area contributed by atoms with Crippen molar-refractivity contribution in [2.24, 2.45) is 0 Å². The maximum atomic E-state index is 13.7. The molecule has 0 radical (unpaired) electrons. The van der Waals surface area contributed by atoms with Crippen molar-refractivity contribution in [2.75, 3.05) is 0 Å². The molecule has 0 saturated heterocycles. The normalized spacial score (nSPS) is 10.4. The Bertz CT molecular complexity index is 578. The minimum Gasteiger partial charge on any atom is -0.451 e. The Morgan fingerprint density at radius 1 is 1.50 bits per heavy atom. The Balaban J connectivity index is 2.21. The number of ketones is 1. The Kier molecular flexibility index (Phi) is 3.41. The molecule has 1 aromatic heterocycles. The van der Waals surface area contributed by atoms with Crippen LogP contribution in [-0.4, -0.2) is 15.6 Å². The number of hydrogen-bond acceptors (Lipinski definition) is 3. The third kappa shape index (κ3) is 2.56. The number of aromatic nitrogens is 2. The van der Waals surface area contributed by atoms with E-state index in [9.17, 15) is 9.18 Å². The first kappa shape index (κ1) is 12.3. The molecule has 0 unspecified atom stereocenters. The number of ether oxygens (including phenoxy) is 1. The molecule has 4 nitrogen and oxygen atoms in total. The van der Waals surface area contributed by atoms with Crippen LogP contribution in [0.15, 0.2) is 30.6 Å². The third-order valence-corrected chi connectivity index (χ3v) is 2.50. The number of aryl methyl sites for hydroxylation is 1. The predicted molar refractivity (Wildman–Crippen MR) is 64.4 cm³/mol. The smallest absolute Gasteiger partial charge is 0.166 e. The van der Waals surface area contributed by atoms with E-state index in [0.29, 0.717) is 11.3 Å². The highest BCUT2D eigenvalue weighted by molar-refractivity contribution is 5.94. The second-order valence-corrected chi connectivity index (χ2v) is 3.84. The Labute approximate surface area is 104 Å². The molecule has 0 aliphatic carbocycles. The average molecular weight is 248 g/mol. The fourth-order valence-electron chi connectivity index (χ4n) is 1.50. The molecule has 5 heteroatoms. The molecule has 94 valence electrons. The maximum absolute atomic E-state index is 13.7. The summed E-state index contributed by atoms with van der Waals surface area (Å²) in [4.78, 5) is 11.1. The summed E-state index contributed by atoms with van der Waals surface area (Å²) in [6.45, 7) is 4.05. The summed E-state index contributed by atoms with van der Waals surface area (Å²) in [5, 5.41) is 4.02. The van der Waals surface area contributed by atoms with E-state index in [-0.39, 0.29) is 11.5 Å². The summed E-state index contributed by atoms with van der Waals surface area (Å²) in [6, 6.07) is 4.14. The zero-order valence-electron chi connectivity index (χ0n) is 10.2. The molecule has 0 atom stereocenters. The Morgan fingerprint density at radius 2 is 2.28 bits per heavy atom. The van der Waals surface area contributed by atoms with Crippen molar-refractivity contribution in [1.29, 1.82) is 0 Å². The number of Topliss-reactive ketones (excluding diaryl/α,β-unsaturated/α-hetero) is 1. The van der Waals surface area contributed by atoms with Crippen molar-refractivity contribution >= 4 is 5.78 Å². The fourth-order valence-corrected chi connectivity index (χ4v) is 1.50. The average Bonchev–Trinajstić information content (AvgIpc) is 2.79. The minimum absolute atomic E-state index is 0.0793. The predicted octanol–water partition coefficient (Wildman–Crippen LogP) is 3.04.